The van der Waals surface area contributed by atoms with E-state index in [-0.39, 0.29) is 5.41 Å². The quantitative estimate of drug-likeness (QED) is 0.236. The fourth-order valence-electron chi connectivity index (χ4n) is 7.16. The van der Waals surface area contributed by atoms with Crippen molar-refractivity contribution in [3.8, 4) is 22.3 Å². The van der Waals surface area contributed by atoms with Crippen LogP contribution in [0.2, 0.25) is 0 Å². The van der Waals surface area contributed by atoms with Crippen LogP contribution in [-0.4, -0.2) is 0 Å². The largest absolute Gasteiger partial charge is 0.0692 e. The van der Waals surface area contributed by atoms with Gasteiger partial charge in [-0.2, -0.15) is 0 Å². The molecule has 3 aliphatic rings. The van der Waals surface area contributed by atoms with Crippen LogP contribution in [0, 0.1) is 13.8 Å². The first-order valence-electron chi connectivity index (χ1n) is 12.9. The number of aryl methyl sites for hydroxylation is 2. The summed E-state index contributed by atoms with van der Waals surface area (Å²) < 4.78 is 0. The molecule has 0 aromatic heterocycles. The van der Waals surface area contributed by atoms with Gasteiger partial charge in [-0.15, -0.1) is 0 Å². The van der Waals surface area contributed by atoms with Crippen LogP contribution >= 0.6 is 0 Å². The lowest BCUT2D eigenvalue weighted by atomic mass is 9.68. The van der Waals surface area contributed by atoms with E-state index in [9.17, 15) is 0 Å². The lowest BCUT2D eigenvalue weighted by Gasteiger charge is -2.33. The SMILES string of the molecule is Cc1ccc(-c2ccc3c(c2)C2(C4=C(c5ccccc5C4)c4ccc(C)cc42)c2ccccc2-3)cc1. The molecule has 1 unspecified atom stereocenters. The summed E-state index contributed by atoms with van der Waals surface area (Å²) in [6, 6.07) is 41.4. The molecule has 0 saturated heterocycles. The smallest absolute Gasteiger partial charge is 0.0619 e. The van der Waals surface area contributed by atoms with Crippen molar-refractivity contribution in [3.63, 3.8) is 0 Å². The van der Waals surface area contributed by atoms with Crippen LogP contribution in [0.15, 0.2) is 115 Å². The molecule has 0 saturated carbocycles. The average molecular weight is 459 g/mol. The Morgan fingerprint density at radius 1 is 0.500 bits per heavy atom. The van der Waals surface area contributed by atoms with E-state index in [1.165, 1.54) is 72.3 Å². The molecule has 36 heavy (non-hydrogen) atoms. The predicted molar refractivity (Wildman–Crippen MR) is 149 cm³/mol. The molecule has 3 aliphatic carbocycles. The van der Waals surface area contributed by atoms with Gasteiger partial charge in [-0.1, -0.05) is 114 Å². The van der Waals surface area contributed by atoms with Crippen molar-refractivity contribution in [2.24, 2.45) is 0 Å². The Labute approximate surface area is 212 Å². The zero-order valence-corrected chi connectivity index (χ0v) is 20.6. The number of hydrogen-bond acceptors (Lipinski definition) is 0. The highest BCUT2D eigenvalue weighted by atomic mass is 14.6. The third-order valence-corrected chi connectivity index (χ3v) is 8.69. The Bertz CT molecular complexity index is 1760. The van der Waals surface area contributed by atoms with Crippen molar-refractivity contribution in [1.82, 2.24) is 0 Å². The Hall–Kier alpha value is -4.16. The van der Waals surface area contributed by atoms with E-state index < -0.39 is 0 Å². The van der Waals surface area contributed by atoms with Crippen molar-refractivity contribution >= 4 is 5.57 Å². The van der Waals surface area contributed by atoms with E-state index >= 15 is 0 Å². The number of fused-ring (bicyclic) bond motifs is 11. The lowest BCUT2D eigenvalue weighted by Crippen LogP contribution is -2.28. The van der Waals surface area contributed by atoms with Crippen LogP contribution in [0.25, 0.3) is 27.8 Å². The second kappa shape index (κ2) is 6.95. The second-order valence-corrected chi connectivity index (χ2v) is 10.7. The highest BCUT2D eigenvalue weighted by Gasteiger charge is 2.54. The molecule has 0 heterocycles. The molecule has 0 aliphatic heterocycles. The Kier molecular flexibility index (Phi) is 3.88. The maximum atomic E-state index is 2.49. The summed E-state index contributed by atoms with van der Waals surface area (Å²) in [5.74, 6) is 0. The molecule has 0 fully saturated rings. The highest BCUT2D eigenvalue weighted by Crippen LogP contribution is 2.65. The van der Waals surface area contributed by atoms with E-state index in [1.54, 1.807) is 5.57 Å². The lowest BCUT2D eigenvalue weighted by molar-refractivity contribution is 0.744. The zero-order valence-electron chi connectivity index (χ0n) is 20.6. The first-order valence-corrected chi connectivity index (χ1v) is 12.9. The van der Waals surface area contributed by atoms with Gasteiger partial charge in [0, 0.05) is 0 Å². The average Bonchev–Trinajstić information content (AvgIpc) is 3.52. The third kappa shape index (κ3) is 2.39. The van der Waals surface area contributed by atoms with Gasteiger partial charge in [-0.3, -0.25) is 0 Å². The van der Waals surface area contributed by atoms with E-state index in [0.29, 0.717) is 0 Å². The number of rotatable bonds is 1. The number of allylic oxidation sites excluding steroid dienone is 1. The standard InChI is InChI=1S/C36H26/c1-22-11-14-24(15-12-22)25-16-18-29-28-9-5-6-10-31(28)36(33(29)20-25)32-19-23(2)13-17-30(32)35-27-8-4-3-7-26(27)21-34(35)36/h3-20H,21H2,1-2H3. The molecule has 1 spiro atoms. The summed E-state index contributed by atoms with van der Waals surface area (Å²) in [4.78, 5) is 0. The van der Waals surface area contributed by atoms with Gasteiger partial charge in [-0.05, 0) is 93.1 Å². The van der Waals surface area contributed by atoms with Crippen molar-refractivity contribution in [1.29, 1.82) is 0 Å². The summed E-state index contributed by atoms with van der Waals surface area (Å²) in [5.41, 5.74) is 19.3. The van der Waals surface area contributed by atoms with Crippen LogP contribution < -0.4 is 0 Å². The summed E-state index contributed by atoms with van der Waals surface area (Å²) in [7, 11) is 0. The molecule has 1 atom stereocenters. The van der Waals surface area contributed by atoms with E-state index in [1.807, 2.05) is 0 Å². The van der Waals surface area contributed by atoms with Gasteiger partial charge < -0.3 is 0 Å². The minimum Gasteiger partial charge on any atom is -0.0619 e. The van der Waals surface area contributed by atoms with Crippen molar-refractivity contribution in [2.75, 3.05) is 0 Å². The summed E-state index contributed by atoms with van der Waals surface area (Å²) >= 11 is 0. The van der Waals surface area contributed by atoms with Gasteiger partial charge in [-0.25, -0.2) is 0 Å². The predicted octanol–water partition coefficient (Wildman–Crippen LogP) is 8.66. The molecule has 0 radical (unpaired) electrons. The minimum atomic E-state index is -0.248. The molecule has 0 amide bonds. The molecule has 5 aromatic rings. The topological polar surface area (TPSA) is 0 Å². The molecular formula is C36H26. The number of benzene rings is 5. The molecule has 0 N–H and O–H groups in total. The molecule has 5 aromatic carbocycles. The van der Waals surface area contributed by atoms with Crippen molar-refractivity contribution in [2.45, 2.75) is 25.7 Å². The third-order valence-electron chi connectivity index (χ3n) is 8.69. The summed E-state index contributed by atoms with van der Waals surface area (Å²) in [5, 5.41) is 0. The van der Waals surface area contributed by atoms with Crippen LogP contribution in [0.3, 0.4) is 0 Å². The minimum absolute atomic E-state index is 0.248. The van der Waals surface area contributed by atoms with E-state index in [0.717, 1.165) is 6.42 Å². The van der Waals surface area contributed by atoms with Crippen LogP contribution in [0.5, 0.6) is 0 Å². The molecular weight excluding hydrogens is 432 g/mol. The van der Waals surface area contributed by atoms with Crippen LogP contribution in [0.1, 0.15) is 44.5 Å². The number of hydrogen-bond donors (Lipinski definition) is 0. The monoisotopic (exact) mass is 458 g/mol. The van der Waals surface area contributed by atoms with Crippen LogP contribution in [-0.2, 0) is 11.8 Å². The molecule has 0 heteroatoms. The van der Waals surface area contributed by atoms with Crippen molar-refractivity contribution in [3.05, 3.63) is 159 Å². The highest BCUT2D eigenvalue weighted by molar-refractivity contribution is 6.01. The molecule has 0 bridgehead atoms. The first kappa shape index (κ1) is 20.1. The van der Waals surface area contributed by atoms with Crippen molar-refractivity contribution < 1.29 is 0 Å². The van der Waals surface area contributed by atoms with Gasteiger partial charge in [0.05, 0.1) is 5.41 Å². The van der Waals surface area contributed by atoms with E-state index in [2.05, 4.69) is 123 Å². The van der Waals surface area contributed by atoms with Gasteiger partial charge in [0.1, 0.15) is 0 Å². The van der Waals surface area contributed by atoms with Gasteiger partial charge >= 0.3 is 0 Å². The molecule has 8 rings (SSSR count). The fourth-order valence-corrected chi connectivity index (χ4v) is 7.16. The normalized spacial score (nSPS) is 18.2. The maximum Gasteiger partial charge on any atom is 0.0692 e. The zero-order chi connectivity index (χ0) is 24.0. The summed E-state index contributed by atoms with van der Waals surface area (Å²) in [6.07, 6.45) is 1.00. The van der Waals surface area contributed by atoms with Gasteiger partial charge in [0.25, 0.3) is 0 Å². The second-order valence-electron chi connectivity index (χ2n) is 10.7. The van der Waals surface area contributed by atoms with Gasteiger partial charge in [0.2, 0.25) is 0 Å². The van der Waals surface area contributed by atoms with Gasteiger partial charge in [0.15, 0.2) is 0 Å². The fraction of sp³-hybridized carbons (Fsp3) is 0.111. The Balaban J connectivity index is 1.50. The first-order chi connectivity index (χ1) is 17.7. The molecule has 0 nitrogen and oxygen atoms in total. The van der Waals surface area contributed by atoms with E-state index in [4.69, 9.17) is 0 Å². The Morgan fingerprint density at radius 2 is 1.14 bits per heavy atom. The Morgan fingerprint density at radius 3 is 2.00 bits per heavy atom. The summed E-state index contributed by atoms with van der Waals surface area (Å²) in [6.45, 7) is 4.39. The maximum absolute atomic E-state index is 2.49. The van der Waals surface area contributed by atoms with Crippen LogP contribution in [0.4, 0.5) is 0 Å². The molecule has 170 valence electrons.